The molecule has 4 aromatic rings. The predicted octanol–water partition coefficient (Wildman–Crippen LogP) is -1.85. The number of aliphatic hydroxyl groups is 3. The van der Waals surface area contributed by atoms with E-state index < -0.39 is 110 Å². The van der Waals surface area contributed by atoms with Crippen molar-refractivity contribution in [1.82, 2.24) is 44.4 Å². The van der Waals surface area contributed by atoms with Crippen LogP contribution in [0.25, 0.3) is 22.3 Å². The summed E-state index contributed by atoms with van der Waals surface area (Å²) >= 11 is 0. The molecule has 1 amide bonds. The molecule has 4 aromatic heterocycles. The van der Waals surface area contributed by atoms with Gasteiger partial charge in [0, 0.05) is 39.5 Å². The molecular weight excluding hydrogens is 980 g/mol. The van der Waals surface area contributed by atoms with Crippen molar-refractivity contribution in [1.29, 1.82) is 0 Å². The maximum absolute atomic E-state index is 13.8. The Morgan fingerprint density at radius 1 is 0.800 bits per heavy atom. The van der Waals surface area contributed by atoms with Gasteiger partial charge in [0.1, 0.15) is 73.3 Å². The number of anilines is 2. The highest BCUT2D eigenvalue weighted by Crippen LogP contribution is 2.51. The number of ether oxygens (including phenoxy) is 8. The van der Waals surface area contributed by atoms with Gasteiger partial charge in [-0.2, -0.15) is 0 Å². The Hall–Kier alpha value is -4.05. The predicted molar refractivity (Wildman–Crippen MR) is 233 cm³/mol. The van der Waals surface area contributed by atoms with Gasteiger partial charge in [-0.05, 0) is 12.8 Å². The van der Waals surface area contributed by atoms with Crippen LogP contribution in [0.4, 0.5) is 11.6 Å². The van der Waals surface area contributed by atoms with Crippen LogP contribution in [0.5, 0.6) is 0 Å². The topological polar surface area (TPSA) is 425 Å². The molecule has 0 aromatic carbocycles. The number of aliphatic hydroxyl groups excluding tert-OH is 3. The van der Waals surface area contributed by atoms with Crippen molar-refractivity contribution >= 4 is 55.5 Å². The molecule has 0 spiro atoms. The van der Waals surface area contributed by atoms with Crippen molar-refractivity contribution in [3.8, 4) is 0 Å². The maximum atomic E-state index is 13.8. The van der Waals surface area contributed by atoms with Gasteiger partial charge in [-0.25, -0.2) is 39.0 Å². The quantitative estimate of drug-likeness (QED) is 0.0180. The van der Waals surface area contributed by atoms with E-state index in [0.29, 0.717) is 24.0 Å². The number of imidazole rings is 2. The standard InChI is InChI=1S/C37H57N11O20P2/c1-58-21-11-26(47-17-45-28-33(38)41-15-43-35(28)47)65-23(21)13-64-70(56,57)68-31-24(14-63-69(53,54)55)67-37(48-18-46-29-34(39)42-16-44-36(29)48)32(31)62-19-60-9-8-59-7-5-40-25(51)4-2-3-6-61-27-10-20(50)30(52)22(12-49)66-27/h15-18,20-24,26-27,30-32,37,49-50,52H,2-14,19H2,1H3,(H,40,51)(H,56,57)(H2,38,41,43)(H2,39,42,44)(H2,53,54,55)/t20-,21+,22-,23-,24-,26-,27-,30-,31-,32-,37-/m1/s1. The van der Waals surface area contributed by atoms with Crippen molar-refractivity contribution in [3.05, 3.63) is 25.3 Å². The van der Waals surface area contributed by atoms with Crippen molar-refractivity contribution in [2.45, 2.75) is 99.7 Å². The first-order valence-corrected chi connectivity index (χ1v) is 24.9. The molecule has 3 fully saturated rings. The number of hydrogen-bond acceptors (Lipinski definition) is 25. The van der Waals surface area contributed by atoms with Crippen LogP contribution < -0.4 is 16.8 Å². The molecule has 3 aliphatic rings. The summed E-state index contributed by atoms with van der Waals surface area (Å²) in [6.45, 7) is -1.74. The third-order valence-electron chi connectivity index (χ3n) is 11.3. The molecule has 7 rings (SSSR count). The average molecular weight is 1040 g/mol. The van der Waals surface area contributed by atoms with Crippen molar-refractivity contribution in [3.63, 3.8) is 0 Å². The third-order valence-corrected chi connectivity index (χ3v) is 12.8. The number of carbonyl (C=O) groups is 1. The van der Waals surface area contributed by atoms with E-state index in [1.807, 2.05) is 0 Å². The number of nitrogens with two attached hydrogens (primary N) is 2. The van der Waals surface area contributed by atoms with E-state index in [1.54, 1.807) is 4.57 Å². The summed E-state index contributed by atoms with van der Waals surface area (Å²) in [5.74, 6) is -0.0344. The number of rotatable bonds is 27. The van der Waals surface area contributed by atoms with E-state index in [-0.39, 0.29) is 80.9 Å². The number of phosphoric acid groups is 2. The number of fused-ring (bicyclic) bond motifs is 2. The van der Waals surface area contributed by atoms with Gasteiger partial charge in [0.25, 0.3) is 0 Å². The number of nitrogens with one attached hydrogen (secondary N) is 1. The number of aromatic nitrogens is 8. The number of hydrogen-bond donors (Lipinski definition) is 9. The lowest BCUT2D eigenvalue weighted by Crippen LogP contribution is -2.50. The first kappa shape index (κ1) is 53.7. The van der Waals surface area contributed by atoms with Gasteiger partial charge in [-0.15, -0.1) is 0 Å². The number of amides is 1. The van der Waals surface area contributed by atoms with E-state index in [2.05, 4.69) is 35.2 Å². The SMILES string of the molecule is CO[C@H]1C[C@H](n2cnc3c(N)ncnc32)O[C@@H]1COP(=O)(O)O[C@H]1[C@@H](OCOCCOCCNC(=O)CCCCO[C@H]2C[C@@H](O)[C@@H](O)[C@@H](CO)O2)[C@H](n2cnc3c(N)ncnc32)O[C@@H]1COP(=O)(O)O. The molecule has 7 heterocycles. The molecule has 390 valence electrons. The molecule has 1 unspecified atom stereocenters. The lowest BCUT2D eigenvalue weighted by molar-refractivity contribution is -0.256. The number of carbonyl (C=O) groups excluding carboxylic acids is 1. The van der Waals surface area contributed by atoms with Crippen molar-refractivity contribution in [2.75, 3.05) is 78.2 Å². The second-order valence-corrected chi connectivity index (χ2v) is 18.7. The molecule has 0 saturated carbocycles. The second-order valence-electron chi connectivity index (χ2n) is 16.0. The zero-order valence-corrected chi connectivity index (χ0v) is 39.4. The van der Waals surface area contributed by atoms with E-state index in [1.165, 1.54) is 30.7 Å². The van der Waals surface area contributed by atoms with Gasteiger partial charge in [0.2, 0.25) is 5.91 Å². The Labute approximate surface area is 397 Å². The molecule has 0 bridgehead atoms. The van der Waals surface area contributed by atoms with Crippen molar-refractivity contribution in [2.24, 2.45) is 0 Å². The molecule has 0 aliphatic carbocycles. The largest absolute Gasteiger partial charge is 0.472 e. The molecule has 70 heavy (non-hydrogen) atoms. The first-order chi connectivity index (χ1) is 33.6. The van der Waals surface area contributed by atoms with Crippen LogP contribution in [-0.2, 0) is 65.4 Å². The average Bonchev–Trinajstić information content (AvgIpc) is 4.13. The molecule has 3 saturated heterocycles. The fourth-order valence-electron chi connectivity index (χ4n) is 7.83. The van der Waals surface area contributed by atoms with Crippen LogP contribution in [0.2, 0.25) is 0 Å². The summed E-state index contributed by atoms with van der Waals surface area (Å²) in [5, 5.41) is 31.8. The van der Waals surface area contributed by atoms with Gasteiger partial charge < -0.3 is 84.7 Å². The fraction of sp³-hybridized carbons (Fsp3) is 0.703. The van der Waals surface area contributed by atoms with E-state index >= 15 is 0 Å². The summed E-state index contributed by atoms with van der Waals surface area (Å²) < 4.78 is 90.7. The summed E-state index contributed by atoms with van der Waals surface area (Å²) in [6, 6.07) is 0. The Balaban J connectivity index is 0.913. The van der Waals surface area contributed by atoms with Crippen LogP contribution in [0.3, 0.4) is 0 Å². The molecule has 12 atom stereocenters. The van der Waals surface area contributed by atoms with Gasteiger partial charge in [0.05, 0.1) is 64.5 Å². The minimum Gasteiger partial charge on any atom is -0.394 e. The lowest BCUT2D eigenvalue weighted by Gasteiger charge is -2.36. The highest BCUT2D eigenvalue weighted by molar-refractivity contribution is 7.47. The minimum atomic E-state index is -5.14. The Morgan fingerprint density at radius 3 is 2.19 bits per heavy atom. The van der Waals surface area contributed by atoms with Gasteiger partial charge >= 0.3 is 15.6 Å². The van der Waals surface area contributed by atoms with Crippen LogP contribution in [0.15, 0.2) is 25.3 Å². The second kappa shape index (κ2) is 24.6. The molecular formula is C37H57N11O20P2. The smallest absolute Gasteiger partial charge is 0.394 e. The molecule has 31 nitrogen and oxygen atoms in total. The molecule has 3 aliphatic heterocycles. The van der Waals surface area contributed by atoms with Crippen LogP contribution >= 0.6 is 15.6 Å². The van der Waals surface area contributed by atoms with E-state index in [0.717, 1.165) is 6.33 Å². The monoisotopic (exact) mass is 1040 g/mol. The Kier molecular flexibility index (Phi) is 18.9. The maximum Gasteiger partial charge on any atom is 0.472 e. The Bertz CT molecular complexity index is 2420. The zero-order chi connectivity index (χ0) is 50.0. The molecule has 11 N–H and O–H groups in total. The number of methoxy groups -OCH3 is 1. The number of nitrogens with zero attached hydrogens (tertiary/aromatic N) is 8. The minimum absolute atomic E-state index is 0.0184. The van der Waals surface area contributed by atoms with Gasteiger partial charge in [0.15, 0.2) is 35.4 Å². The summed E-state index contributed by atoms with van der Waals surface area (Å²) in [5.41, 5.74) is 13.0. The van der Waals surface area contributed by atoms with E-state index in [9.17, 15) is 43.9 Å². The van der Waals surface area contributed by atoms with Crippen molar-refractivity contribution < 1.29 is 95.4 Å². The van der Waals surface area contributed by atoms with E-state index in [4.69, 9.17) is 62.9 Å². The van der Waals surface area contributed by atoms with Crippen LogP contribution in [0, 0.1) is 0 Å². The summed E-state index contributed by atoms with van der Waals surface area (Å²) in [7, 11) is -8.84. The highest BCUT2D eigenvalue weighted by Gasteiger charge is 2.52. The first-order valence-electron chi connectivity index (χ1n) is 21.9. The summed E-state index contributed by atoms with van der Waals surface area (Å²) in [6.07, 6.45) is -5.41. The third kappa shape index (κ3) is 13.9. The number of nitrogen functional groups attached to an aromatic ring is 2. The normalized spacial score (nSPS) is 28.2. The van der Waals surface area contributed by atoms with Gasteiger partial charge in [-0.3, -0.25) is 27.5 Å². The molecule has 0 radical (unpaired) electrons. The van der Waals surface area contributed by atoms with Crippen LogP contribution in [-0.4, -0.2) is 197 Å². The number of unbranched alkanes of at least 4 members (excludes halogenated alkanes) is 1. The van der Waals surface area contributed by atoms with Gasteiger partial charge in [-0.1, -0.05) is 0 Å². The molecule has 33 heteroatoms. The van der Waals surface area contributed by atoms with Crippen LogP contribution in [0.1, 0.15) is 44.6 Å². The highest BCUT2D eigenvalue weighted by atomic mass is 31.2. The Morgan fingerprint density at radius 2 is 1.49 bits per heavy atom. The lowest BCUT2D eigenvalue weighted by atomic mass is 10.0. The fourth-order valence-corrected chi connectivity index (χ4v) is 9.13. The number of phosphoric ester groups is 2. The summed E-state index contributed by atoms with van der Waals surface area (Å²) in [4.78, 5) is 67.5. The zero-order valence-electron chi connectivity index (χ0n) is 37.6.